The molecule has 1 aromatic rings. The normalized spacial score (nSPS) is 24.8. The summed E-state index contributed by atoms with van der Waals surface area (Å²) >= 11 is -0.122. The summed E-state index contributed by atoms with van der Waals surface area (Å²) in [7, 11) is 0. The SMILES string of the molecule is CCC1CCC(C(O)c2ccc(SC(F)(F)F)cc2)CC1. The van der Waals surface area contributed by atoms with Crippen molar-refractivity contribution in [2.24, 2.45) is 11.8 Å². The molecule has 1 nitrogen and oxygen atoms in total. The van der Waals surface area contributed by atoms with E-state index in [1.165, 1.54) is 18.6 Å². The third kappa shape index (κ3) is 4.92. The maximum Gasteiger partial charge on any atom is 0.446 e. The third-order valence-electron chi connectivity index (χ3n) is 4.37. The van der Waals surface area contributed by atoms with Crippen LogP contribution in [0.4, 0.5) is 13.2 Å². The fourth-order valence-electron chi connectivity index (χ4n) is 3.05. The Morgan fingerprint density at radius 3 is 2.19 bits per heavy atom. The summed E-state index contributed by atoms with van der Waals surface area (Å²) in [6.45, 7) is 2.19. The summed E-state index contributed by atoms with van der Waals surface area (Å²) in [6, 6.07) is 6.11. The van der Waals surface area contributed by atoms with E-state index in [0.29, 0.717) is 0 Å². The highest BCUT2D eigenvalue weighted by Gasteiger charge is 2.30. The van der Waals surface area contributed by atoms with Gasteiger partial charge >= 0.3 is 5.51 Å². The lowest BCUT2D eigenvalue weighted by Gasteiger charge is -2.31. The molecule has 0 aromatic heterocycles. The standard InChI is InChI=1S/C16H21F3OS/c1-2-11-3-5-12(6-4-11)15(20)13-7-9-14(10-8-13)21-16(17,18)19/h7-12,15,20H,2-6H2,1H3. The third-order valence-corrected chi connectivity index (χ3v) is 5.11. The summed E-state index contributed by atoms with van der Waals surface area (Å²) in [5.41, 5.74) is -3.54. The predicted octanol–water partition coefficient (Wildman–Crippen LogP) is 5.55. The summed E-state index contributed by atoms with van der Waals surface area (Å²) in [5, 5.41) is 10.4. The molecule has 1 atom stereocenters. The molecule has 1 N–H and O–H groups in total. The zero-order valence-electron chi connectivity index (χ0n) is 12.1. The van der Waals surface area contributed by atoms with Crippen molar-refractivity contribution < 1.29 is 18.3 Å². The molecule has 0 radical (unpaired) electrons. The monoisotopic (exact) mass is 318 g/mol. The average Bonchev–Trinajstić information content (AvgIpc) is 2.46. The van der Waals surface area contributed by atoms with E-state index in [1.54, 1.807) is 12.1 Å². The van der Waals surface area contributed by atoms with Gasteiger partial charge in [-0.15, -0.1) is 0 Å². The molecule has 1 saturated carbocycles. The molecule has 0 heterocycles. The molecule has 1 aliphatic rings. The van der Waals surface area contributed by atoms with Crippen LogP contribution in [-0.2, 0) is 0 Å². The van der Waals surface area contributed by atoms with Gasteiger partial charge in [-0.25, -0.2) is 0 Å². The first-order valence-electron chi connectivity index (χ1n) is 7.43. The van der Waals surface area contributed by atoms with E-state index in [4.69, 9.17) is 0 Å². The van der Waals surface area contributed by atoms with Crippen molar-refractivity contribution in [2.45, 2.75) is 55.5 Å². The van der Waals surface area contributed by atoms with Crippen molar-refractivity contribution in [1.82, 2.24) is 0 Å². The number of benzene rings is 1. The number of aliphatic hydroxyl groups is 1. The zero-order chi connectivity index (χ0) is 15.5. The van der Waals surface area contributed by atoms with E-state index in [-0.39, 0.29) is 22.6 Å². The molecule has 118 valence electrons. The summed E-state index contributed by atoms with van der Waals surface area (Å²) in [5.74, 6) is 0.993. The second-order valence-corrected chi connectivity index (χ2v) is 6.89. The van der Waals surface area contributed by atoms with Crippen LogP contribution in [0, 0.1) is 11.8 Å². The molecular weight excluding hydrogens is 297 g/mol. The predicted molar refractivity (Wildman–Crippen MR) is 79.1 cm³/mol. The number of hydrogen-bond donors (Lipinski definition) is 1. The number of halogens is 3. The van der Waals surface area contributed by atoms with Crippen LogP contribution < -0.4 is 0 Å². The fraction of sp³-hybridized carbons (Fsp3) is 0.625. The quantitative estimate of drug-likeness (QED) is 0.735. The number of thioether (sulfide) groups is 1. The van der Waals surface area contributed by atoms with Gasteiger partial charge in [-0.1, -0.05) is 38.3 Å². The largest absolute Gasteiger partial charge is 0.446 e. The Morgan fingerprint density at radius 2 is 1.71 bits per heavy atom. The Labute approximate surface area is 127 Å². The minimum atomic E-state index is -4.27. The molecule has 5 heteroatoms. The topological polar surface area (TPSA) is 20.2 Å². The van der Waals surface area contributed by atoms with E-state index in [9.17, 15) is 18.3 Å². The highest BCUT2D eigenvalue weighted by Crippen LogP contribution is 2.40. The van der Waals surface area contributed by atoms with E-state index in [0.717, 1.165) is 37.2 Å². The summed E-state index contributed by atoms with van der Waals surface area (Å²) < 4.78 is 36.8. The molecular formula is C16H21F3OS. The van der Waals surface area contributed by atoms with E-state index < -0.39 is 11.6 Å². The second kappa shape index (κ2) is 7.05. The minimum Gasteiger partial charge on any atom is -0.388 e. The maximum absolute atomic E-state index is 12.3. The first kappa shape index (κ1) is 16.7. The first-order valence-corrected chi connectivity index (χ1v) is 8.24. The van der Waals surface area contributed by atoms with Gasteiger partial charge < -0.3 is 5.11 Å². The van der Waals surface area contributed by atoms with Crippen LogP contribution in [0.5, 0.6) is 0 Å². The average molecular weight is 318 g/mol. The Balaban J connectivity index is 1.95. The summed E-state index contributed by atoms with van der Waals surface area (Å²) in [6.07, 6.45) is 4.90. The molecule has 1 aromatic carbocycles. The molecule has 1 aliphatic carbocycles. The van der Waals surface area contributed by atoms with Gasteiger partial charge in [0.15, 0.2) is 0 Å². The molecule has 0 aliphatic heterocycles. The fourth-order valence-corrected chi connectivity index (χ4v) is 3.59. The molecule has 1 fully saturated rings. The zero-order valence-corrected chi connectivity index (χ0v) is 12.9. The molecule has 0 spiro atoms. The van der Waals surface area contributed by atoms with Gasteiger partial charge in [0.05, 0.1) is 6.10 Å². The molecule has 2 rings (SSSR count). The Bertz CT molecular complexity index is 436. The van der Waals surface area contributed by atoms with Crippen molar-refractivity contribution in [3.05, 3.63) is 29.8 Å². The van der Waals surface area contributed by atoms with E-state index in [1.807, 2.05) is 0 Å². The van der Waals surface area contributed by atoms with Gasteiger partial charge in [0, 0.05) is 4.90 Å². The van der Waals surface area contributed by atoms with Gasteiger partial charge in [-0.3, -0.25) is 0 Å². The summed E-state index contributed by atoms with van der Waals surface area (Å²) in [4.78, 5) is 0.160. The lowest BCUT2D eigenvalue weighted by atomic mass is 9.77. The second-order valence-electron chi connectivity index (χ2n) is 5.75. The highest BCUT2D eigenvalue weighted by atomic mass is 32.2. The van der Waals surface area contributed by atoms with Crippen LogP contribution in [-0.4, -0.2) is 10.6 Å². The van der Waals surface area contributed by atoms with Crippen molar-refractivity contribution in [3.63, 3.8) is 0 Å². The highest BCUT2D eigenvalue weighted by molar-refractivity contribution is 8.00. The smallest absolute Gasteiger partial charge is 0.388 e. The molecule has 1 unspecified atom stereocenters. The van der Waals surface area contributed by atoms with Gasteiger partial charge in [0.2, 0.25) is 0 Å². The van der Waals surface area contributed by atoms with Gasteiger partial charge in [-0.05, 0) is 54.1 Å². The van der Waals surface area contributed by atoms with Gasteiger partial charge in [0.1, 0.15) is 0 Å². The lowest BCUT2D eigenvalue weighted by Crippen LogP contribution is -2.20. The van der Waals surface area contributed by atoms with Crippen molar-refractivity contribution in [1.29, 1.82) is 0 Å². The Hall–Kier alpha value is -0.680. The van der Waals surface area contributed by atoms with E-state index >= 15 is 0 Å². The van der Waals surface area contributed by atoms with Crippen molar-refractivity contribution in [2.75, 3.05) is 0 Å². The van der Waals surface area contributed by atoms with Gasteiger partial charge in [0.25, 0.3) is 0 Å². The Morgan fingerprint density at radius 1 is 1.14 bits per heavy atom. The number of alkyl halides is 3. The number of aliphatic hydroxyl groups excluding tert-OH is 1. The maximum atomic E-state index is 12.3. The number of hydrogen-bond acceptors (Lipinski definition) is 2. The van der Waals surface area contributed by atoms with Crippen molar-refractivity contribution >= 4 is 11.8 Å². The van der Waals surface area contributed by atoms with Crippen LogP contribution in [0.2, 0.25) is 0 Å². The Kier molecular flexibility index (Phi) is 5.60. The van der Waals surface area contributed by atoms with Crippen molar-refractivity contribution in [3.8, 4) is 0 Å². The molecule has 0 saturated heterocycles. The van der Waals surface area contributed by atoms with Crippen LogP contribution in [0.15, 0.2) is 29.2 Å². The molecule has 0 bridgehead atoms. The van der Waals surface area contributed by atoms with Crippen LogP contribution in [0.3, 0.4) is 0 Å². The van der Waals surface area contributed by atoms with Crippen LogP contribution in [0.25, 0.3) is 0 Å². The molecule has 21 heavy (non-hydrogen) atoms. The van der Waals surface area contributed by atoms with Crippen LogP contribution >= 0.6 is 11.8 Å². The van der Waals surface area contributed by atoms with Crippen LogP contribution in [0.1, 0.15) is 50.7 Å². The molecule has 0 amide bonds. The number of rotatable bonds is 4. The minimum absolute atomic E-state index is 0.122. The van der Waals surface area contributed by atoms with E-state index in [2.05, 4.69) is 6.92 Å². The van der Waals surface area contributed by atoms with Gasteiger partial charge in [-0.2, -0.15) is 13.2 Å². The first-order chi connectivity index (χ1) is 9.89. The lowest BCUT2D eigenvalue weighted by molar-refractivity contribution is -0.0328.